The first-order valence-corrected chi connectivity index (χ1v) is 17.0. The summed E-state index contributed by atoms with van der Waals surface area (Å²) in [5.41, 5.74) is 1.39. The summed E-state index contributed by atoms with van der Waals surface area (Å²) in [5.74, 6) is -1.04. The highest BCUT2D eigenvalue weighted by molar-refractivity contribution is 7.92. The van der Waals surface area contributed by atoms with Gasteiger partial charge in [-0.1, -0.05) is 108 Å². The van der Waals surface area contributed by atoms with Gasteiger partial charge < -0.3 is 10.2 Å². The van der Waals surface area contributed by atoms with E-state index in [1.54, 1.807) is 36.4 Å². The number of carbonyl (C=O) groups is 2. The Kier molecular flexibility index (Phi) is 12.2. The van der Waals surface area contributed by atoms with Crippen LogP contribution in [0.2, 0.25) is 20.1 Å². The lowest BCUT2D eigenvalue weighted by molar-refractivity contribution is -0.140. The number of hydrogen-bond acceptors (Lipinski definition) is 4. The molecular formula is C33H31Cl4N3O4S. The minimum absolute atomic E-state index is 0.0311. The lowest BCUT2D eigenvalue weighted by Crippen LogP contribution is -2.53. The average molecular weight is 708 g/mol. The van der Waals surface area contributed by atoms with Crippen LogP contribution >= 0.6 is 46.4 Å². The van der Waals surface area contributed by atoms with E-state index in [1.807, 2.05) is 37.3 Å². The van der Waals surface area contributed by atoms with Crippen LogP contribution in [-0.2, 0) is 32.6 Å². The van der Waals surface area contributed by atoms with E-state index in [-0.39, 0.29) is 34.5 Å². The van der Waals surface area contributed by atoms with Gasteiger partial charge in [0.25, 0.3) is 10.0 Å². The van der Waals surface area contributed by atoms with Gasteiger partial charge in [0, 0.05) is 34.6 Å². The normalized spacial score (nSPS) is 11.9. The van der Waals surface area contributed by atoms with Gasteiger partial charge in [0.1, 0.15) is 12.6 Å². The summed E-state index contributed by atoms with van der Waals surface area (Å²) in [6.07, 6.45) is 0.847. The first-order valence-electron chi connectivity index (χ1n) is 14.1. The van der Waals surface area contributed by atoms with Crippen LogP contribution in [0.4, 0.5) is 5.69 Å². The number of carbonyl (C=O) groups excluding carboxylic acids is 2. The Morgan fingerprint density at radius 3 is 2.00 bits per heavy atom. The molecule has 2 amide bonds. The number of sulfonamides is 1. The highest BCUT2D eigenvalue weighted by Crippen LogP contribution is 2.33. The molecule has 0 aromatic heterocycles. The summed E-state index contributed by atoms with van der Waals surface area (Å²) in [7, 11) is -4.31. The van der Waals surface area contributed by atoms with Crippen molar-refractivity contribution in [3.05, 3.63) is 128 Å². The maximum absolute atomic E-state index is 14.5. The first kappa shape index (κ1) is 34.6. The van der Waals surface area contributed by atoms with Crippen molar-refractivity contribution in [1.82, 2.24) is 10.2 Å². The summed E-state index contributed by atoms with van der Waals surface area (Å²) < 4.78 is 29.1. The molecular weight excluding hydrogens is 676 g/mol. The summed E-state index contributed by atoms with van der Waals surface area (Å²) >= 11 is 25.3. The molecule has 12 heteroatoms. The highest BCUT2D eigenvalue weighted by atomic mass is 35.5. The lowest BCUT2D eigenvalue weighted by atomic mass is 10.0. The molecule has 0 aliphatic rings. The fourth-order valence-corrected chi connectivity index (χ4v) is 7.15. The molecule has 45 heavy (non-hydrogen) atoms. The van der Waals surface area contributed by atoms with Gasteiger partial charge in [-0.25, -0.2) is 8.42 Å². The molecule has 7 nitrogen and oxygen atoms in total. The van der Waals surface area contributed by atoms with Gasteiger partial charge in [0.15, 0.2) is 0 Å². The van der Waals surface area contributed by atoms with Crippen LogP contribution in [0, 0.1) is 0 Å². The summed E-state index contributed by atoms with van der Waals surface area (Å²) in [6, 6.07) is 25.1. The van der Waals surface area contributed by atoms with Crippen molar-refractivity contribution in [2.75, 3.05) is 17.4 Å². The van der Waals surface area contributed by atoms with Crippen molar-refractivity contribution in [2.45, 2.75) is 37.2 Å². The summed E-state index contributed by atoms with van der Waals surface area (Å²) in [4.78, 5) is 29.5. The number of anilines is 1. The molecule has 1 atom stereocenters. The van der Waals surface area contributed by atoms with Gasteiger partial charge in [-0.2, -0.15) is 0 Å². The van der Waals surface area contributed by atoms with Crippen LogP contribution in [-0.4, -0.2) is 44.3 Å². The van der Waals surface area contributed by atoms with Crippen molar-refractivity contribution in [3.8, 4) is 0 Å². The Balaban J connectivity index is 1.83. The molecule has 0 spiro atoms. The zero-order valence-corrected chi connectivity index (χ0v) is 28.1. The predicted octanol–water partition coefficient (Wildman–Crippen LogP) is 7.66. The van der Waals surface area contributed by atoms with Gasteiger partial charge in [0.2, 0.25) is 11.8 Å². The molecule has 0 radical (unpaired) electrons. The third-order valence-corrected chi connectivity index (χ3v) is 9.86. The molecule has 236 valence electrons. The molecule has 0 heterocycles. The van der Waals surface area contributed by atoms with E-state index in [4.69, 9.17) is 46.4 Å². The molecule has 4 aromatic carbocycles. The monoisotopic (exact) mass is 705 g/mol. The molecule has 0 saturated carbocycles. The Morgan fingerprint density at radius 2 is 1.40 bits per heavy atom. The minimum atomic E-state index is -4.31. The van der Waals surface area contributed by atoms with Gasteiger partial charge >= 0.3 is 0 Å². The number of nitrogens with zero attached hydrogens (tertiary/aromatic N) is 2. The molecule has 0 aliphatic heterocycles. The van der Waals surface area contributed by atoms with Gasteiger partial charge in [-0.3, -0.25) is 13.9 Å². The van der Waals surface area contributed by atoms with Crippen molar-refractivity contribution in [2.24, 2.45) is 0 Å². The van der Waals surface area contributed by atoms with Crippen LogP contribution in [0.1, 0.15) is 24.5 Å². The number of rotatable bonds is 13. The number of hydrogen-bond donors (Lipinski definition) is 1. The van der Waals surface area contributed by atoms with E-state index in [0.29, 0.717) is 33.6 Å². The minimum Gasteiger partial charge on any atom is -0.354 e. The SMILES string of the molecule is CCCNC(=O)C(Cc1ccccc1)N(Cc1ccc(Cl)cc1Cl)C(=O)CN(c1ccc(Cl)cc1Cl)S(=O)(=O)c1ccccc1. The second-order valence-corrected chi connectivity index (χ2v) is 13.7. The Labute approximate surface area is 283 Å². The second kappa shape index (κ2) is 15.8. The first-order chi connectivity index (χ1) is 21.5. The number of amides is 2. The lowest BCUT2D eigenvalue weighted by Gasteiger charge is -2.34. The van der Waals surface area contributed by atoms with E-state index >= 15 is 0 Å². The van der Waals surface area contributed by atoms with Crippen molar-refractivity contribution < 1.29 is 18.0 Å². The summed E-state index contributed by atoms with van der Waals surface area (Å²) in [5, 5.41) is 3.92. The maximum atomic E-state index is 14.5. The molecule has 0 saturated heterocycles. The molecule has 1 N–H and O–H groups in total. The molecule has 0 bridgehead atoms. The van der Waals surface area contributed by atoms with E-state index in [9.17, 15) is 18.0 Å². The van der Waals surface area contributed by atoms with Crippen LogP contribution in [0.15, 0.2) is 102 Å². The van der Waals surface area contributed by atoms with E-state index in [1.165, 1.54) is 35.2 Å². The van der Waals surface area contributed by atoms with E-state index in [2.05, 4.69) is 5.32 Å². The maximum Gasteiger partial charge on any atom is 0.264 e. The van der Waals surface area contributed by atoms with Gasteiger partial charge in [-0.15, -0.1) is 0 Å². The topological polar surface area (TPSA) is 86.8 Å². The number of benzene rings is 4. The molecule has 4 rings (SSSR count). The van der Waals surface area contributed by atoms with Crippen molar-refractivity contribution in [1.29, 1.82) is 0 Å². The molecule has 0 fully saturated rings. The third-order valence-electron chi connectivity index (χ3n) is 6.96. The zero-order chi connectivity index (χ0) is 32.6. The summed E-state index contributed by atoms with van der Waals surface area (Å²) in [6.45, 7) is 1.55. The highest BCUT2D eigenvalue weighted by Gasteiger charge is 2.35. The van der Waals surface area contributed by atoms with Crippen LogP contribution in [0.3, 0.4) is 0 Å². The number of halogens is 4. The van der Waals surface area contributed by atoms with E-state index < -0.39 is 28.5 Å². The number of nitrogens with one attached hydrogen (secondary N) is 1. The molecule has 1 unspecified atom stereocenters. The zero-order valence-electron chi connectivity index (χ0n) is 24.3. The fourth-order valence-electron chi connectivity index (χ4n) is 4.67. The van der Waals surface area contributed by atoms with Crippen LogP contribution < -0.4 is 9.62 Å². The Bertz CT molecular complexity index is 1740. The third kappa shape index (κ3) is 8.93. The smallest absolute Gasteiger partial charge is 0.264 e. The van der Waals surface area contributed by atoms with Crippen molar-refractivity contribution >= 4 is 73.9 Å². The second-order valence-electron chi connectivity index (χ2n) is 10.2. The predicted molar refractivity (Wildman–Crippen MR) is 182 cm³/mol. The standard InChI is InChI=1S/C33H31Cl4N3O4S/c1-2-17-38-33(42)31(18-23-9-5-3-6-10-23)39(21-24-13-14-25(34)19-28(24)36)32(41)22-40(30-16-15-26(35)20-29(30)37)45(43,44)27-11-7-4-8-12-27/h3-16,19-20,31H,2,17-18,21-22H2,1H3,(H,38,42). The fraction of sp³-hybridized carbons (Fsp3) is 0.212. The Morgan fingerprint density at radius 1 is 0.800 bits per heavy atom. The van der Waals surface area contributed by atoms with Gasteiger partial charge in [-0.05, 0) is 60.0 Å². The quantitative estimate of drug-likeness (QED) is 0.155. The van der Waals surface area contributed by atoms with E-state index in [0.717, 1.165) is 9.87 Å². The molecule has 0 aliphatic carbocycles. The van der Waals surface area contributed by atoms with Crippen molar-refractivity contribution in [3.63, 3.8) is 0 Å². The molecule has 4 aromatic rings. The average Bonchev–Trinajstić information content (AvgIpc) is 3.02. The van der Waals surface area contributed by atoms with Crippen LogP contribution in [0.5, 0.6) is 0 Å². The largest absolute Gasteiger partial charge is 0.354 e. The Hall–Kier alpha value is -3.27. The van der Waals surface area contributed by atoms with Gasteiger partial charge in [0.05, 0.1) is 15.6 Å². The van der Waals surface area contributed by atoms with Crippen LogP contribution in [0.25, 0.3) is 0 Å².